The maximum Gasteiger partial charge on any atom is 0.253 e. The fraction of sp³-hybridized carbons (Fsp3) is 0.529. The second-order valence-corrected chi connectivity index (χ2v) is 6.48. The molecule has 1 aromatic carbocycles. The predicted molar refractivity (Wildman–Crippen MR) is 84.7 cm³/mol. The minimum absolute atomic E-state index is 0.0477. The van der Waals surface area contributed by atoms with Crippen molar-refractivity contribution < 1.29 is 9.59 Å². The Morgan fingerprint density at radius 3 is 2.09 bits per heavy atom. The molecule has 1 spiro atoms. The first-order valence-electron chi connectivity index (χ1n) is 7.92. The predicted octanol–water partition coefficient (Wildman–Crippen LogP) is 1.49. The Labute approximate surface area is 131 Å². The van der Waals surface area contributed by atoms with Crippen LogP contribution in [0.1, 0.15) is 46.4 Å². The fourth-order valence-corrected chi connectivity index (χ4v) is 3.79. The Hall–Kier alpha value is -1.88. The van der Waals surface area contributed by atoms with Crippen LogP contribution in [-0.4, -0.2) is 53.8 Å². The fourth-order valence-electron chi connectivity index (χ4n) is 3.79. The summed E-state index contributed by atoms with van der Waals surface area (Å²) in [5, 5.41) is 0. The van der Waals surface area contributed by atoms with Gasteiger partial charge >= 0.3 is 0 Å². The number of hydrogen-bond acceptors (Lipinski definition) is 3. The van der Waals surface area contributed by atoms with E-state index in [1.54, 1.807) is 24.3 Å². The van der Waals surface area contributed by atoms with Crippen molar-refractivity contribution in [1.29, 1.82) is 0 Å². The van der Waals surface area contributed by atoms with Gasteiger partial charge in [-0.25, -0.2) is 0 Å². The zero-order chi connectivity index (χ0) is 15.7. The first kappa shape index (κ1) is 15.0. The molecule has 118 valence electrons. The van der Waals surface area contributed by atoms with Gasteiger partial charge in [0.2, 0.25) is 5.91 Å². The van der Waals surface area contributed by atoms with E-state index in [0.29, 0.717) is 16.7 Å². The first-order valence-corrected chi connectivity index (χ1v) is 7.92. The number of benzene rings is 1. The van der Waals surface area contributed by atoms with Gasteiger partial charge in [-0.15, -0.1) is 0 Å². The molecule has 0 unspecified atom stereocenters. The molecule has 0 bridgehead atoms. The molecular formula is C17H23N3O2. The molecule has 22 heavy (non-hydrogen) atoms. The molecule has 0 radical (unpaired) electrons. The average Bonchev–Trinajstić information content (AvgIpc) is 2.88. The van der Waals surface area contributed by atoms with Gasteiger partial charge in [0, 0.05) is 29.8 Å². The molecule has 2 saturated heterocycles. The van der Waals surface area contributed by atoms with Crippen LogP contribution >= 0.6 is 0 Å². The summed E-state index contributed by atoms with van der Waals surface area (Å²) in [5.41, 5.74) is 6.59. The topological polar surface area (TPSA) is 66.6 Å². The third kappa shape index (κ3) is 2.61. The molecular weight excluding hydrogens is 278 g/mol. The lowest BCUT2D eigenvalue weighted by atomic mass is 9.85. The molecule has 2 heterocycles. The summed E-state index contributed by atoms with van der Waals surface area (Å²) >= 11 is 0. The quantitative estimate of drug-likeness (QED) is 0.900. The number of primary amides is 1. The van der Waals surface area contributed by atoms with Crippen LogP contribution < -0.4 is 5.73 Å². The summed E-state index contributed by atoms with van der Waals surface area (Å²) in [6.45, 7) is 2.78. The molecule has 1 aromatic rings. The van der Waals surface area contributed by atoms with Crippen LogP contribution in [0.5, 0.6) is 0 Å². The van der Waals surface area contributed by atoms with Gasteiger partial charge in [0.05, 0.1) is 0 Å². The Balaban J connectivity index is 1.65. The van der Waals surface area contributed by atoms with Crippen molar-refractivity contribution in [1.82, 2.24) is 9.80 Å². The van der Waals surface area contributed by atoms with E-state index < -0.39 is 5.91 Å². The Kier molecular flexibility index (Phi) is 3.91. The number of nitrogens with zero attached hydrogens (tertiary/aromatic N) is 2. The van der Waals surface area contributed by atoms with Crippen LogP contribution in [0, 0.1) is 0 Å². The van der Waals surface area contributed by atoms with Crippen molar-refractivity contribution >= 4 is 11.8 Å². The summed E-state index contributed by atoms with van der Waals surface area (Å²) in [6.07, 6.45) is 4.61. The van der Waals surface area contributed by atoms with Gasteiger partial charge in [-0.05, 0) is 63.5 Å². The highest BCUT2D eigenvalue weighted by Crippen LogP contribution is 2.37. The van der Waals surface area contributed by atoms with Gasteiger partial charge in [0.1, 0.15) is 0 Å². The SMILES string of the molecule is CN1CCCC12CCN(C(=O)c1ccc(C(N)=O)cc1)CC2. The zero-order valence-corrected chi connectivity index (χ0v) is 13.0. The summed E-state index contributed by atoms with van der Waals surface area (Å²) in [7, 11) is 2.20. The van der Waals surface area contributed by atoms with E-state index >= 15 is 0 Å². The van der Waals surface area contributed by atoms with E-state index in [2.05, 4.69) is 11.9 Å². The van der Waals surface area contributed by atoms with E-state index in [9.17, 15) is 9.59 Å². The molecule has 5 heteroatoms. The van der Waals surface area contributed by atoms with Gasteiger partial charge in [0.25, 0.3) is 5.91 Å². The second kappa shape index (κ2) is 5.72. The Morgan fingerprint density at radius 2 is 1.59 bits per heavy atom. The van der Waals surface area contributed by atoms with Crippen LogP contribution in [0.4, 0.5) is 0 Å². The summed E-state index contributed by atoms with van der Waals surface area (Å²) in [6, 6.07) is 6.61. The maximum atomic E-state index is 12.6. The lowest BCUT2D eigenvalue weighted by Gasteiger charge is -2.43. The largest absolute Gasteiger partial charge is 0.366 e. The number of carbonyl (C=O) groups is 2. The van der Waals surface area contributed by atoms with Crippen LogP contribution in [-0.2, 0) is 0 Å². The van der Waals surface area contributed by atoms with Crippen molar-refractivity contribution in [3.05, 3.63) is 35.4 Å². The summed E-state index contributed by atoms with van der Waals surface area (Å²) < 4.78 is 0. The van der Waals surface area contributed by atoms with Crippen molar-refractivity contribution in [2.75, 3.05) is 26.7 Å². The van der Waals surface area contributed by atoms with Crippen LogP contribution in [0.3, 0.4) is 0 Å². The van der Waals surface area contributed by atoms with Crippen LogP contribution in [0.2, 0.25) is 0 Å². The van der Waals surface area contributed by atoms with Crippen molar-refractivity contribution in [3.8, 4) is 0 Å². The molecule has 0 saturated carbocycles. The van der Waals surface area contributed by atoms with Gasteiger partial charge in [-0.2, -0.15) is 0 Å². The molecule has 2 fully saturated rings. The molecule has 2 aliphatic rings. The minimum atomic E-state index is -0.469. The van der Waals surface area contributed by atoms with E-state index in [4.69, 9.17) is 5.73 Å². The molecule has 3 rings (SSSR count). The first-order chi connectivity index (χ1) is 10.5. The Morgan fingerprint density at radius 1 is 1.00 bits per heavy atom. The number of carbonyl (C=O) groups excluding carboxylic acids is 2. The normalized spacial score (nSPS) is 21.2. The van der Waals surface area contributed by atoms with Gasteiger partial charge in [0.15, 0.2) is 0 Å². The number of rotatable bonds is 2. The summed E-state index contributed by atoms with van der Waals surface area (Å²) in [5.74, 6) is -0.422. The third-order valence-corrected chi connectivity index (χ3v) is 5.34. The second-order valence-electron chi connectivity index (χ2n) is 6.48. The lowest BCUT2D eigenvalue weighted by Crippen LogP contribution is -2.51. The highest BCUT2D eigenvalue weighted by molar-refractivity contribution is 5.97. The standard InChI is InChI=1S/C17H23N3O2/c1-19-10-2-7-17(19)8-11-20(12-9-17)16(22)14-5-3-13(4-6-14)15(18)21/h3-6H,2,7-12H2,1H3,(H2,18,21). The van der Waals surface area contributed by atoms with E-state index in [-0.39, 0.29) is 5.91 Å². The third-order valence-electron chi connectivity index (χ3n) is 5.34. The highest BCUT2D eigenvalue weighted by Gasteiger charge is 2.41. The van der Waals surface area contributed by atoms with Gasteiger partial charge < -0.3 is 15.5 Å². The van der Waals surface area contributed by atoms with Crippen LogP contribution in [0.25, 0.3) is 0 Å². The van der Waals surface area contributed by atoms with Crippen molar-refractivity contribution in [2.45, 2.75) is 31.2 Å². The highest BCUT2D eigenvalue weighted by atomic mass is 16.2. The lowest BCUT2D eigenvalue weighted by molar-refractivity contribution is 0.0492. The summed E-state index contributed by atoms with van der Waals surface area (Å²) in [4.78, 5) is 28.0. The molecule has 5 nitrogen and oxygen atoms in total. The molecule has 2 N–H and O–H groups in total. The van der Waals surface area contributed by atoms with E-state index in [1.807, 2.05) is 4.90 Å². The minimum Gasteiger partial charge on any atom is -0.366 e. The zero-order valence-electron chi connectivity index (χ0n) is 13.0. The number of likely N-dealkylation sites (tertiary alicyclic amines) is 2. The average molecular weight is 301 g/mol. The van der Waals surface area contributed by atoms with Crippen molar-refractivity contribution in [3.63, 3.8) is 0 Å². The van der Waals surface area contributed by atoms with Crippen molar-refractivity contribution in [2.24, 2.45) is 5.73 Å². The van der Waals surface area contributed by atoms with Gasteiger partial charge in [-0.3, -0.25) is 9.59 Å². The molecule has 0 aliphatic carbocycles. The molecule has 0 atom stereocenters. The smallest absolute Gasteiger partial charge is 0.253 e. The molecule has 2 amide bonds. The van der Waals surface area contributed by atoms with E-state index in [1.165, 1.54) is 19.4 Å². The van der Waals surface area contributed by atoms with Crippen LogP contribution in [0.15, 0.2) is 24.3 Å². The number of amides is 2. The number of hydrogen-bond donors (Lipinski definition) is 1. The molecule has 2 aliphatic heterocycles. The number of nitrogens with two attached hydrogens (primary N) is 1. The number of piperidine rings is 1. The van der Waals surface area contributed by atoms with E-state index in [0.717, 1.165) is 25.9 Å². The maximum absolute atomic E-state index is 12.6. The van der Waals surface area contributed by atoms with Gasteiger partial charge in [-0.1, -0.05) is 0 Å². The molecule has 0 aromatic heterocycles. The monoisotopic (exact) mass is 301 g/mol. The Bertz CT molecular complexity index is 574.